The normalized spacial score (nSPS) is 11.1. The van der Waals surface area contributed by atoms with E-state index >= 15 is 0 Å². The van der Waals surface area contributed by atoms with Gasteiger partial charge in [0.25, 0.3) is 5.91 Å². The van der Waals surface area contributed by atoms with Crippen LogP contribution in [0.3, 0.4) is 0 Å². The van der Waals surface area contributed by atoms with Crippen LogP contribution >= 0.6 is 0 Å². The number of hydrogen-bond donors (Lipinski definition) is 2. The first-order valence-corrected chi connectivity index (χ1v) is 8.89. The van der Waals surface area contributed by atoms with E-state index in [2.05, 4.69) is 53.5 Å². The Labute approximate surface area is 159 Å². The zero-order valence-electron chi connectivity index (χ0n) is 16.1. The molecule has 0 unspecified atom stereocenters. The van der Waals surface area contributed by atoms with Crippen molar-refractivity contribution in [1.82, 2.24) is 9.97 Å². The zero-order chi connectivity index (χ0) is 19.4. The number of hydrogen-bond acceptors (Lipinski definition) is 4. The molecule has 0 saturated heterocycles. The molecule has 0 spiro atoms. The van der Waals surface area contributed by atoms with Crippen LogP contribution in [-0.4, -0.2) is 15.9 Å². The zero-order valence-corrected chi connectivity index (χ0v) is 16.1. The molecule has 0 aliphatic rings. The van der Waals surface area contributed by atoms with E-state index in [0.29, 0.717) is 11.5 Å². The molecule has 2 aromatic carbocycles. The summed E-state index contributed by atoms with van der Waals surface area (Å²) < 4.78 is 0. The number of aryl methyl sites for hydroxylation is 1. The van der Waals surface area contributed by atoms with Gasteiger partial charge in [0.15, 0.2) is 0 Å². The highest BCUT2D eigenvalue weighted by molar-refractivity contribution is 6.04. The number of nitrogens with one attached hydrogen (secondary N) is 2. The van der Waals surface area contributed by atoms with Gasteiger partial charge >= 0.3 is 0 Å². The lowest BCUT2D eigenvalue weighted by Crippen LogP contribution is -2.14. The Balaban J connectivity index is 1.66. The molecule has 2 N–H and O–H groups in total. The summed E-state index contributed by atoms with van der Waals surface area (Å²) in [5, 5.41) is 6.03. The lowest BCUT2D eigenvalue weighted by Gasteiger charge is -2.19. The van der Waals surface area contributed by atoms with E-state index in [-0.39, 0.29) is 11.3 Å². The predicted octanol–water partition coefficient (Wildman–Crippen LogP) is 5.08. The van der Waals surface area contributed by atoms with E-state index in [1.165, 1.54) is 18.0 Å². The quantitative estimate of drug-likeness (QED) is 0.681. The van der Waals surface area contributed by atoms with Crippen LogP contribution in [0, 0.1) is 6.92 Å². The molecule has 0 aliphatic carbocycles. The van der Waals surface area contributed by atoms with Gasteiger partial charge in [-0.25, -0.2) is 9.97 Å². The molecule has 3 rings (SSSR count). The van der Waals surface area contributed by atoms with Gasteiger partial charge in [-0.3, -0.25) is 4.79 Å². The first-order valence-electron chi connectivity index (χ1n) is 8.89. The number of rotatable bonds is 4. The molecular weight excluding hydrogens is 336 g/mol. The number of aromatic nitrogens is 2. The van der Waals surface area contributed by atoms with Crippen LogP contribution in [0.15, 0.2) is 60.9 Å². The van der Waals surface area contributed by atoms with Gasteiger partial charge < -0.3 is 10.6 Å². The second-order valence-electron chi connectivity index (χ2n) is 7.52. The number of benzene rings is 2. The van der Waals surface area contributed by atoms with E-state index in [4.69, 9.17) is 0 Å². The number of carbonyl (C=O) groups excluding carboxylic acids is 1. The lowest BCUT2D eigenvalue weighted by molar-refractivity contribution is 0.102. The lowest BCUT2D eigenvalue weighted by atomic mass is 9.87. The summed E-state index contributed by atoms with van der Waals surface area (Å²) in [4.78, 5) is 20.9. The molecule has 0 bridgehead atoms. The third-order valence-corrected chi connectivity index (χ3v) is 4.31. The monoisotopic (exact) mass is 360 g/mol. The summed E-state index contributed by atoms with van der Waals surface area (Å²) >= 11 is 0. The van der Waals surface area contributed by atoms with Gasteiger partial charge in [0.1, 0.15) is 0 Å². The first-order chi connectivity index (χ1) is 12.8. The van der Waals surface area contributed by atoms with Gasteiger partial charge in [-0.15, -0.1) is 0 Å². The maximum Gasteiger partial charge on any atom is 0.258 e. The smallest absolute Gasteiger partial charge is 0.258 e. The number of anilines is 3. The fourth-order valence-electron chi connectivity index (χ4n) is 2.60. The molecular formula is C22H24N4O. The minimum Gasteiger partial charge on any atom is -0.324 e. The molecule has 0 aliphatic heterocycles. The molecule has 138 valence electrons. The largest absolute Gasteiger partial charge is 0.324 e. The van der Waals surface area contributed by atoms with Crippen LogP contribution < -0.4 is 10.6 Å². The van der Waals surface area contributed by atoms with Gasteiger partial charge in [0, 0.05) is 23.8 Å². The second kappa shape index (κ2) is 7.58. The van der Waals surface area contributed by atoms with Crippen molar-refractivity contribution in [1.29, 1.82) is 0 Å². The maximum atomic E-state index is 12.4. The Morgan fingerprint density at radius 1 is 0.926 bits per heavy atom. The Morgan fingerprint density at radius 3 is 2.15 bits per heavy atom. The number of nitrogens with zero attached hydrogens (tertiary/aromatic N) is 2. The van der Waals surface area contributed by atoms with Crippen LogP contribution in [0.25, 0.3) is 0 Å². The summed E-state index contributed by atoms with van der Waals surface area (Å²) in [6, 6.07) is 15.8. The molecule has 5 heteroatoms. The SMILES string of the molecule is Cc1ccccc1NC(=O)c1cnc(Nc2ccc(C(C)(C)C)cc2)nc1. The average Bonchev–Trinajstić information content (AvgIpc) is 2.64. The topological polar surface area (TPSA) is 66.9 Å². The number of amides is 1. The van der Waals surface area contributed by atoms with Gasteiger partial charge in [-0.1, -0.05) is 51.1 Å². The summed E-state index contributed by atoms with van der Waals surface area (Å²) in [7, 11) is 0. The van der Waals surface area contributed by atoms with E-state index in [9.17, 15) is 4.79 Å². The van der Waals surface area contributed by atoms with Gasteiger partial charge in [-0.2, -0.15) is 0 Å². The van der Waals surface area contributed by atoms with Crippen LogP contribution in [0.5, 0.6) is 0 Å². The Kier molecular flexibility index (Phi) is 5.21. The molecule has 0 fully saturated rings. The van der Waals surface area contributed by atoms with Gasteiger partial charge in [-0.05, 0) is 41.7 Å². The first kappa shape index (κ1) is 18.6. The Morgan fingerprint density at radius 2 is 1.56 bits per heavy atom. The summed E-state index contributed by atoms with van der Waals surface area (Å²) in [6.07, 6.45) is 3.04. The third-order valence-electron chi connectivity index (χ3n) is 4.31. The predicted molar refractivity (Wildman–Crippen MR) is 110 cm³/mol. The minimum atomic E-state index is -0.231. The number of para-hydroxylation sites is 1. The van der Waals surface area contributed by atoms with Gasteiger partial charge in [0.2, 0.25) is 5.95 Å². The van der Waals surface area contributed by atoms with Crippen LogP contribution in [0.2, 0.25) is 0 Å². The van der Waals surface area contributed by atoms with Gasteiger partial charge in [0.05, 0.1) is 5.56 Å². The molecule has 0 saturated carbocycles. The molecule has 3 aromatic rings. The summed E-state index contributed by atoms with van der Waals surface area (Å²) in [5.41, 5.74) is 4.47. The van der Waals surface area contributed by atoms with Crippen molar-refractivity contribution < 1.29 is 4.79 Å². The van der Waals surface area contributed by atoms with E-state index in [1.54, 1.807) is 0 Å². The van der Waals surface area contributed by atoms with Crippen molar-refractivity contribution >= 4 is 23.2 Å². The fraction of sp³-hybridized carbons (Fsp3) is 0.227. The van der Waals surface area contributed by atoms with Crippen molar-refractivity contribution in [2.45, 2.75) is 33.1 Å². The molecule has 0 atom stereocenters. The van der Waals surface area contributed by atoms with E-state index < -0.39 is 0 Å². The standard InChI is InChI=1S/C22H24N4O/c1-15-7-5-6-8-19(15)26-20(27)16-13-23-21(24-14-16)25-18-11-9-17(10-12-18)22(2,3)4/h5-14H,1-4H3,(H,26,27)(H,23,24,25). The average molecular weight is 360 g/mol. The molecule has 1 heterocycles. The van der Waals surface area contributed by atoms with E-state index in [0.717, 1.165) is 16.9 Å². The second-order valence-corrected chi connectivity index (χ2v) is 7.52. The van der Waals surface area contributed by atoms with Crippen molar-refractivity contribution in [2.24, 2.45) is 0 Å². The highest BCUT2D eigenvalue weighted by atomic mass is 16.1. The summed E-state index contributed by atoms with van der Waals surface area (Å²) in [6.45, 7) is 8.49. The maximum absolute atomic E-state index is 12.4. The third kappa shape index (κ3) is 4.70. The highest BCUT2D eigenvalue weighted by Crippen LogP contribution is 2.24. The highest BCUT2D eigenvalue weighted by Gasteiger charge is 2.13. The van der Waals surface area contributed by atoms with Crippen molar-refractivity contribution in [3.63, 3.8) is 0 Å². The summed E-state index contributed by atoms with van der Waals surface area (Å²) in [5.74, 6) is 0.219. The van der Waals surface area contributed by atoms with Crippen LogP contribution in [0.1, 0.15) is 42.3 Å². The fourth-order valence-corrected chi connectivity index (χ4v) is 2.60. The van der Waals surface area contributed by atoms with Crippen molar-refractivity contribution in [3.05, 3.63) is 77.6 Å². The molecule has 0 radical (unpaired) electrons. The Bertz CT molecular complexity index is 926. The molecule has 1 amide bonds. The van der Waals surface area contributed by atoms with E-state index in [1.807, 2.05) is 43.3 Å². The Hall–Kier alpha value is -3.21. The van der Waals surface area contributed by atoms with Crippen LogP contribution in [-0.2, 0) is 5.41 Å². The van der Waals surface area contributed by atoms with Crippen molar-refractivity contribution in [3.8, 4) is 0 Å². The van der Waals surface area contributed by atoms with Crippen molar-refractivity contribution in [2.75, 3.05) is 10.6 Å². The molecule has 5 nitrogen and oxygen atoms in total. The molecule has 27 heavy (non-hydrogen) atoms. The molecule has 1 aromatic heterocycles. The minimum absolute atomic E-state index is 0.112. The van der Waals surface area contributed by atoms with Crippen LogP contribution in [0.4, 0.5) is 17.3 Å². The number of carbonyl (C=O) groups is 1.